The van der Waals surface area contributed by atoms with Crippen molar-refractivity contribution >= 4 is 46.0 Å². The van der Waals surface area contributed by atoms with E-state index >= 15 is 0 Å². The zero-order valence-corrected chi connectivity index (χ0v) is 27.4. The van der Waals surface area contributed by atoms with E-state index in [9.17, 15) is 13.6 Å². The molecular weight excluding hydrogens is 667 g/mol. The number of amides is 1. The van der Waals surface area contributed by atoms with Crippen LogP contribution in [0.3, 0.4) is 0 Å². The summed E-state index contributed by atoms with van der Waals surface area (Å²) < 4.78 is 36.3. The molecule has 0 aromatic carbocycles. The number of hydrogen-bond donors (Lipinski definition) is 3. The second-order valence-corrected chi connectivity index (χ2v) is 13.3. The van der Waals surface area contributed by atoms with Crippen LogP contribution in [0.5, 0.6) is 0 Å². The first-order valence-corrected chi connectivity index (χ1v) is 16.4. The van der Waals surface area contributed by atoms with E-state index in [0.717, 1.165) is 47.3 Å². The second-order valence-electron chi connectivity index (χ2n) is 12.5. The minimum absolute atomic E-state index is 0.239. The molecule has 3 aliphatic carbocycles. The van der Waals surface area contributed by atoms with Crippen molar-refractivity contribution in [2.45, 2.75) is 57.5 Å². The molecule has 1 amide bonds. The normalized spacial score (nSPS) is 29.8. The van der Waals surface area contributed by atoms with E-state index in [-0.39, 0.29) is 29.4 Å². The van der Waals surface area contributed by atoms with Crippen LogP contribution in [0.15, 0.2) is 54.2 Å². The fraction of sp³-hybridized carbons (Fsp3) is 0.581. The van der Waals surface area contributed by atoms with Crippen molar-refractivity contribution in [3.63, 3.8) is 0 Å². The lowest BCUT2D eigenvalue weighted by Gasteiger charge is -2.51. The number of ether oxygens (including phenoxy) is 1. The first-order chi connectivity index (χ1) is 20.5. The Hall–Kier alpha value is -2.74. The highest BCUT2D eigenvalue weighted by molar-refractivity contribution is 14.1. The predicted octanol–water partition coefficient (Wildman–Crippen LogP) is 4.99. The number of alkyl halides is 3. The Morgan fingerprint density at radius 2 is 2.09 bits per heavy atom. The summed E-state index contributed by atoms with van der Waals surface area (Å²) in [5, 5.41) is 7.08. The largest absolute Gasteiger partial charge is 0.495 e. The van der Waals surface area contributed by atoms with Crippen molar-refractivity contribution in [1.29, 1.82) is 0 Å². The molecule has 9 nitrogen and oxygen atoms in total. The third-order valence-electron chi connectivity index (χ3n) is 9.32. The minimum Gasteiger partial charge on any atom is -0.495 e. The van der Waals surface area contributed by atoms with E-state index in [0.29, 0.717) is 29.1 Å². The van der Waals surface area contributed by atoms with Gasteiger partial charge in [0.2, 0.25) is 5.95 Å². The van der Waals surface area contributed by atoms with Crippen LogP contribution in [0, 0.1) is 23.2 Å². The standard InChI is InChI=1S/C31H42F2IN7O2/c1-6-7-23(37-20-13-30(14-20,16-34)8-9-35)22-10-19-11-24(26(43-5)12-21(19)22)38-29-36-15-25-27(39-29)41(18(2)3)17-31(32,33)28(42)40(25)4/h6-7,11-12,15,18-22,37H,1,8-10,13-14,16-17,35H2,2-5H3,(H,36,38,39)/b23-7+/t19?,20?,21?,22-,30?/m1/s1. The molecular formula is C31H42F2IN7O2. The molecule has 2 fully saturated rings. The topological polar surface area (TPSA) is 109 Å². The van der Waals surface area contributed by atoms with Gasteiger partial charge >= 0.3 is 5.92 Å². The molecule has 234 valence electrons. The number of aromatic nitrogens is 2. The number of hydrogen-bond acceptors (Lipinski definition) is 8. The smallest absolute Gasteiger partial charge is 0.342 e. The van der Waals surface area contributed by atoms with Crippen molar-refractivity contribution in [1.82, 2.24) is 15.3 Å². The molecule has 12 heteroatoms. The lowest BCUT2D eigenvalue weighted by atomic mass is 9.60. The van der Waals surface area contributed by atoms with Gasteiger partial charge in [-0.3, -0.25) is 4.79 Å². The molecule has 0 radical (unpaired) electrons. The molecule has 0 spiro atoms. The van der Waals surface area contributed by atoms with Crippen LogP contribution in [0.4, 0.5) is 26.2 Å². The van der Waals surface area contributed by atoms with Crippen LogP contribution in [-0.4, -0.2) is 65.6 Å². The fourth-order valence-electron chi connectivity index (χ4n) is 6.85. The van der Waals surface area contributed by atoms with Gasteiger partial charge in [0.05, 0.1) is 25.5 Å². The molecule has 1 aromatic heterocycles. The molecule has 2 saturated carbocycles. The molecule has 2 heterocycles. The molecule has 0 saturated heterocycles. The van der Waals surface area contributed by atoms with Crippen LogP contribution in [0.25, 0.3) is 0 Å². The maximum absolute atomic E-state index is 14.7. The van der Waals surface area contributed by atoms with Crippen molar-refractivity contribution in [3.05, 3.63) is 54.2 Å². The van der Waals surface area contributed by atoms with E-state index in [1.807, 2.05) is 6.08 Å². The Morgan fingerprint density at radius 3 is 2.72 bits per heavy atom. The number of nitrogens with zero attached hydrogens (tertiary/aromatic N) is 4. The van der Waals surface area contributed by atoms with Crippen molar-refractivity contribution in [3.8, 4) is 0 Å². The highest BCUT2D eigenvalue weighted by atomic mass is 127. The Labute approximate surface area is 266 Å². The molecule has 5 rings (SSSR count). The number of carbonyl (C=O) groups is 1. The number of halogens is 3. The third-order valence-corrected chi connectivity index (χ3v) is 10.9. The van der Waals surface area contributed by atoms with E-state index < -0.39 is 18.4 Å². The van der Waals surface area contributed by atoms with Gasteiger partial charge in [-0.2, -0.15) is 13.8 Å². The molecule has 4 aliphatic rings. The highest BCUT2D eigenvalue weighted by Gasteiger charge is 2.49. The summed E-state index contributed by atoms with van der Waals surface area (Å²) in [4.78, 5) is 23.8. The van der Waals surface area contributed by atoms with Gasteiger partial charge in [-0.05, 0) is 75.5 Å². The quantitative estimate of drug-likeness (QED) is 0.168. The highest BCUT2D eigenvalue weighted by Crippen LogP contribution is 2.51. The number of nitrogens with one attached hydrogen (secondary N) is 2. The summed E-state index contributed by atoms with van der Waals surface area (Å²) in [5.41, 5.74) is 8.41. The van der Waals surface area contributed by atoms with Gasteiger partial charge < -0.3 is 30.9 Å². The van der Waals surface area contributed by atoms with Gasteiger partial charge in [-0.1, -0.05) is 41.3 Å². The Balaban J connectivity index is 1.32. The molecule has 1 aromatic rings. The number of anilines is 3. The van der Waals surface area contributed by atoms with Gasteiger partial charge in [0.25, 0.3) is 5.91 Å². The van der Waals surface area contributed by atoms with Gasteiger partial charge in [0.1, 0.15) is 11.4 Å². The number of carbonyl (C=O) groups excluding carboxylic acids is 1. The van der Waals surface area contributed by atoms with Crippen LogP contribution in [-0.2, 0) is 9.53 Å². The van der Waals surface area contributed by atoms with Gasteiger partial charge in [-0.15, -0.1) is 0 Å². The number of nitrogens with two attached hydrogens (primary N) is 1. The van der Waals surface area contributed by atoms with E-state index in [1.165, 1.54) is 23.8 Å². The fourth-order valence-corrected chi connectivity index (χ4v) is 7.86. The summed E-state index contributed by atoms with van der Waals surface area (Å²) in [6.45, 7) is 7.51. The Morgan fingerprint density at radius 1 is 1.35 bits per heavy atom. The first kappa shape index (κ1) is 31.7. The van der Waals surface area contributed by atoms with E-state index in [2.05, 4.69) is 68.0 Å². The average Bonchev–Trinajstić information content (AvgIpc) is 3.01. The summed E-state index contributed by atoms with van der Waals surface area (Å²) in [5.74, 6) is -2.73. The van der Waals surface area contributed by atoms with Gasteiger partial charge in [0, 0.05) is 35.2 Å². The molecule has 4 N–H and O–H groups in total. The molecule has 3 atom stereocenters. The molecule has 1 aliphatic heterocycles. The summed E-state index contributed by atoms with van der Waals surface area (Å²) in [6.07, 6.45) is 14.0. The van der Waals surface area contributed by atoms with E-state index in [1.54, 1.807) is 21.0 Å². The minimum atomic E-state index is -3.55. The number of allylic oxidation sites excluding steroid dienone is 5. The number of fused-ring (bicyclic) bond motifs is 2. The van der Waals surface area contributed by atoms with Crippen molar-refractivity contribution in [2.24, 2.45) is 28.9 Å². The summed E-state index contributed by atoms with van der Waals surface area (Å²) >= 11 is 2.49. The van der Waals surface area contributed by atoms with Crippen LogP contribution in [0.1, 0.15) is 39.5 Å². The average molecular weight is 710 g/mol. The van der Waals surface area contributed by atoms with Gasteiger partial charge in [0.15, 0.2) is 5.82 Å². The van der Waals surface area contributed by atoms with Crippen molar-refractivity contribution in [2.75, 3.05) is 46.8 Å². The molecule has 0 bridgehead atoms. The maximum Gasteiger partial charge on any atom is 0.342 e. The van der Waals surface area contributed by atoms with Crippen LogP contribution in [0.2, 0.25) is 0 Å². The number of methoxy groups -OCH3 is 1. The Kier molecular flexibility index (Phi) is 9.09. The first-order valence-electron chi connectivity index (χ1n) is 14.9. The number of rotatable bonds is 11. The summed E-state index contributed by atoms with van der Waals surface area (Å²) in [6, 6.07) is 0.131. The maximum atomic E-state index is 14.7. The van der Waals surface area contributed by atoms with Gasteiger partial charge in [-0.25, -0.2) is 4.98 Å². The van der Waals surface area contributed by atoms with Crippen molar-refractivity contribution < 1.29 is 18.3 Å². The van der Waals surface area contributed by atoms with Crippen LogP contribution >= 0.6 is 22.6 Å². The van der Waals surface area contributed by atoms with Crippen LogP contribution < -0.4 is 26.2 Å². The lowest BCUT2D eigenvalue weighted by molar-refractivity contribution is -0.140. The monoisotopic (exact) mass is 709 g/mol. The second kappa shape index (κ2) is 12.3. The molecule has 2 unspecified atom stereocenters. The lowest BCUT2D eigenvalue weighted by Crippen LogP contribution is -2.52. The van der Waals surface area contributed by atoms with E-state index in [4.69, 9.17) is 10.5 Å². The Bertz CT molecular complexity index is 1340. The zero-order chi connectivity index (χ0) is 31.1. The zero-order valence-electron chi connectivity index (χ0n) is 25.2. The predicted molar refractivity (Wildman–Crippen MR) is 174 cm³/mol. The SMILES string of the molecule is C=C/C=C(/NC1CC(CI)(CCN)C1)[C@@H]1CC2C=C(Nc3ncc4c(n3)N(C(C)C)CC(F)(F)C(=O)N4C)C(OC)=CC21. The molecule has 43 heavy (non-hydrogen) atoms. The summed E-state index contributed by atoms with van der Waals surface area (Å²) in [7, 11) is 2.96. The third kappa shape index (κ3) is 6.01.